The van der Waals surface area contributed by atoms with Gasteiger partial charge in [0.25, 0.3) is 5.91 Å². The number of carbonyl (C=O) groups is 1. The van der Waals surface area contributed by atoms with E-state index in [9.17, 15) is 28.1 Å². The molecule has 0 saturated heterocycles. The molecule has 36 heavy (non-hydrogen) atoms. The normalized spacial score (nSPS) is 14.7. The molecule has 8 nitrogen and oxygen atoms in total. The molecule has 4 rings (SSSR count). The maximum absolute atomic E-state index is 13.0. The number of hydrazone groups is 1. The minimum Gasteiger partial charge on any atom is -0.493 e. The Hall–Kier alpha value is -4.67. The first kappa shape index (κ1) is 24.5. The first-order valence-electron chi connectivity index (χ1n) is 10.5. The lowest BCUT2D eigenvalue weighted by atomic mass is 10.1. The largest absolute Gasteiger partial charge is 0.493 e. The Morgan fingerprint density at radius 1 is 1.00 bits per heavy atom. The third kappa shape index (κ3) is 4.90. The van der Waals surface area contributed by atoms with Crippen LogP contribution in [0.4, 0.5) is 24.5 Å². The number of carbonyl (C=O) groups excluding carboxylic acids is 1. The van der Waals surface area contributed by atoms with Crippen molar-refractivity contribution in [3.63, 3.8) is 0 Å². The van der Waals surface area contributed by atoms with Crippen molar-refractivity contribution in [2.75, 3.05) is 12.1 Å². The first-order chi connectivity index (χ1) is 17.1. The summed E-state index contributed by atoms with van der Waals surface area (Å²) in [5, 5.41) is 17.0. The summed E-state index contributed by atoms with van der Waals surface area (Å²) in [5.74, 6) is -0.515. The highest BCUT2D eigenvalue weighted by Gasteiger charge is 2.34. The highest BCUT2D eigenvalue weighted by molar-refractivity contribution is 6.32. The lowest BCUT2D eigenvalue weighted by molar-refractivity contribution is -0.385. The predicted molar refractivity (Wildman–Crippen MR) is 126 cm³/mol. The van der Waals surface area contributed by atoms with Gasteiger partial charge in [0.15, 0.2) is 11.5 Å². The Morgan fingerprint density at radius 3 is 2.33 bits per heavy atom. The minimum atomic E-state index is -4.74. The van der Waals surface area contributed by atoms with E-state index in [2.05, 4.69) is 5.10 Å². The van der Waals surface area contributed by atoms with Crippen molar-refractivity contribution in [3.05, 3.63) is 93.5 Å². The molecule has 1 heterocycles. The van der Waals surface area contributed by atoms with Crippen molar-refractivity contribution in [1.82, 2.24) is 0 Å². The number of nitro benzene ring substituents is 1. The molecule has 0 bridgehead atoms. The molecule has 1 aliphatic rings. The van der Waals surface area contributed by atoms with E-state index in [0.717, 1.165) is 6.07 Å². The van der Waals surface area contributed by atoms with Crippen molar-refractivity contribution in [3.8, 4) is 17.2 Å². The fraction of sp³-hybridized carbons (Fsp3) is 0.120. The third-order valence-electron chi connectivity index (χ3n) is 5.26. The number of nitrogens with zero attached hydrogens (tertiary/aromatic N) is 3. The summed E-state index contributed by atoms with van der Waals surface area (Å²) in [6.45, 7) is 1.70. The molecule has 0 fully saturated rings. The number of rotatable bonds is 6. The van der Waals surface area contributed by atoms with Crippen LogP contribution in [0.1, 0.15) is 18.1 Å². The molecule has 0 unspecified atom stereocenters. The molecule has 3 aromatic carbocycles. The Labute approximate surface area is 203 Å². The molecule has 0 radical (unpaired) electrons. The van der Waals surface area contributed by atoms with Gasteiger partial charge in [-0.15, -0.1) is 0 Å². The maximum atomic E-state index is 13.0. The summed E-state index contributed by atoms with van der Waals surface area (Å²) in [4.78, 5) is 23.3. The van der Waals surface area contributed by atoms with Gasteiger partial charge in [-0.25, -0.2) is 0 Å². The molecule has 0 aliphatic carbocycles. The van der Waals surface area contributed by atoms with Crippen LogP contribution >= 0.6 is 0 Å². The van der Waals surface area contributed by atoms with Crippen LogP contribution in [0, 0.1) is 10.1 Å². The maximum Gasteiger partial charge on any atom is 0.416 e. The molecule has 1 amide bonds. The molecule has 3 aromatic rings. The Morgan fingerprint density at radius 2 is 1.69 bits per heavy atom. The summed E-state index contributed by atoms with van der Waals surface area (Å²) in [6.07, 6.45) is -3.14. The summed E-state index contributed by atoms with van der Waals surface area (Å²) < 4.78 is 49.8. The van der Waals surface area contributed by atoms with Gasteiger partial charge in [0.2, 0.25) is 5.75 Å². The number of alkyl halides is 3. The van der Waals surface area contributed by atoms with Crippen molar-refractivity contribution < 1.29 is 32.4 Å². The topological polar surface area (TPSA) is 94.3 Å². The van der Waals surface area contributed by atoms with Crippen molar-refractivity contribution in [2.45, 2.75) is 13.1 Å². The van der Waals surface area contributed by atoms with Crippen LogP contribution in [-0.2, 0) is 11.0 Å². The molecule has 184 valence electrons. The number of anilines is 1. The van der Waals surface area contributed by atoms with Gasteiger partial charge >= 0.3 is 11.9 Å². The number of halogens is 3. The number of amides is 1. The second-order valence-corrected chi connectivity index (χ2v) is 7.65. The standard InChI is InChI=1S/C25H18F3N3O5/c1-15-19(24(32)30(29-15)18-6-4-3-5-7-18)12-16-8-10-22(23(13-16)35-2)36-21-11-9-17(25(26,27)28)14-20(21)31(33)34/h3-14H,1-2H3/b19-12+. The number of nitro groups is 1. The number of para-hydroxylation sites is 1. The van der Waals surface area contributed by atoms with Crippen LogP contribution in [0.2, 0.25) is 0 Å². The summed E-state index contributed by atoms with van der Waals surface area (Å²) in [6, 6.07) is 15.5. The van der Waals surface area contributed by atoms with Gasteiger partial charge in [0, 0.05) is 6.07 Å². The molecular formula is C25H18F3N3O5. The zero-order chi connectivity index (χ0) is 26.0. The van der Waals surface area contributed by atoms with Crippen LogP contribution in [0.25, 0.3) is 6.08 Å². The highest BCUT2D eigenvalue weighted by atomic mass is 19.4. The number of benzene rings is 3. The van der Waals surface area contributed by atoms with E-state index in [1.807, 2.05) is 6.07 Å². The van der Waals surface area contributed by atoms with Crippen molar-refractivity contribution >= 4 is 29.1 Å². The molecule has 0 spiro atoms. The summed E-state index contributed by atoms with van der Waals surface area (Å²) in [5.41, 5.74) is 0.0101. The molecule has 0 N–H and O–H groups in total. The van der Waals surface area contributed by atoms with Crippen LogP contribution in [0.5, 0.6) is 17.2 Å². The van der Waals surface area contributed by atoms with E-state index in [-0.39, 0.29) is 23.2 Å². The summed E-state index contributed by atoms with van der Waals surface area (Å²) in [7, 11) is 1.34. The van der Waals surface area contributed by atoms with E-state index < -0.39 is 22.4 Å². The fourth-order valence-electron chi connectivity index (χ4n) is 3.49. The van der Waals surface area contributed by atoms with Crippen LogP contribution in [-0.4, -0.2) is 23.7 Å². The monoisotopic (exact) mass is 497 g/mol. The number of hydrogen-bond donors (Lipinski definition) is 0. The van der Waals surface area contributed by atoms with Gasteiger partial charge in [0.05, 0.1) is 34.6 Å². The zero-order valence-electron chi connectivity index (χ0n) is 18.9. The second kappa shape index (κ2) is 9.53. The predicted octanol–water partition coefficient (Wildman–Crippen LogP) is 6.22. The molecule has 11 heteroatoms. The average molecular weight is 497 g/mol. The van der Waals surface area contributed by atoms with E-state index >= 15 is 0 Å². The molecule has 1 aliphatic heterocycles. The zero-order valence-corrected chi connectivity index (χ0v) is 18.9. The Balaban J connectivity index is 1.63. The number of ether oxygens (including phenoxy) is 2. The summed E-state index contributed by atoms with van der Waals surface area (Å²) >= 11 is 0. The molecule has 0 aromatic heterocycles. The minimum absolute atomic E-state index is 0.0385. The van der Waals surface area contributed by atoms with Gasteiger partial charge in [-0.2, -0.15) is 23.3 Å². The quantitative estimate of drug-likeness (QED) is 0.229. The van der Waals surface area contributed by atoms with E-state index in [1.54, 1.807) is 43.3 Å². The second-order valence-electron chi connectivity index (χ2n) is 7.65. The van der Waals surface area contributed by atoms with Gasteiger partial charge in [-0.3, -0.25) is 14.9 Å². The van der Waals surface area contributed by atoms with E-state index in [1.165, 1.54) is 24.3 Å². The first-order valence-corrected chi connectivity index (χ1v) is 10.5. The molecular weight excluding hydrogens is 479 g/mol. The lowest BCUT2D eigenvalue weighted by Gasteiger charge is -2.13. The Kier molecular flexibility index (Phi) is 6.47. The fourth-order valence-corrected chi connectivity index (χ4v) is 3.49. The van der Waals surface area contributed by atoms with Gasteiger partial charge in [-0.1, -0.05) is 24.3 Å². The Bertz CT molecular complexity index is 1400. The van der Waals surface area contributed by atoms with E-state index in [0.29, 0.717) is 34.7 Å². The highest BCUT2D eigenvalue weighted by Crippen LogP contribution is 2.40. The van der Waals surface area contributed by atoms with Gasteiger partial charge < -0.3 is 9.47 Å². The molecule has 0 atom stereocenters. The van der Waals surface area contributed by atoms with Crippen LogP contribution in [0.15, 0.2) is 77.4 Å². The van der Waals surface area contributed by atoms with E-state index in [4.69, 9.17) is 9.47 Å². The van der Waals surface area contributed by atoms with Gasteiger partial charge in [0.1, 0.15) is 0 Å². The SMILES string of the molecule is COc1cc(/C=C2/C(=O)N(c3ccccc3)N=C2C)ccc1Oc1ccc(C(F)(F)F)cc1[N+](=O)[O-]. The molecule has 0 saturated carbocycles. The van der Waals surface area contributed by atoms with Crippen molar-refractivity contribution in [2.24, 2.45) is 5.10 Å². The average Bonchev–Trinajstić information content (AvgIpc) is 3.13. The smallest absolute Gasteiger partial charge is 0.416 e. The third-order valence-corrected chi connectivity index (χ3v) is 5.26. The van der Waals surface area contributed by atoms with Crippen LogP contribution < -0.4 is 14.5 Å². The van der Waals surface area contributed by atoms with Gasteiger partial charge in [-0.05, 0) is 55.0 Å². The van der Waals surface area contributed by atoms with Crippen molar-refractivity contribution in [1.29, 1.82) is 0 Å². The number of methoxy groups -OCH3 is 1. The lowest BCUT2D eigenvalue weighted by Crippen LogP contribution is -2.21. The van der Waals surface area contributed by atoms with Crippen LogP contribution in [0.3, 0.4) is 0 Å². The number of hydrogen-bond acceptors (Lipinski definition) is 6.